The Bertz CT molecular complexity index is 1430. The van der Waals surface area contributed by atoms with Crippen molar-refractivity contribution in [3.8, 4) is 0 Å². The number of nitrogens with zero attached hydrogens (tertiary/aromatic N) is 1. The third-order valence-corrected chi connectivity index (χ3v) is 7.10. The lowest BCUT2D eigenvalue weighted by Crippen LogP contribution is -2.24. The van der Waals surface area contributed by atoms with Crippen LogP contribution in [0.5, 0.6) is 0 Å². The van der Waals surface area contributed by atoms with E-state index in [1.165, 1.54) is 62.5 Å². The Labute approximate surface area is 226 Å². The molecule has 192 valence electrons. The van der Waals surface area contributed by atoms with Gasteiger partial charge in [0.1, 0.15) is 0 Å². The molecule has 0 saturated heterocycles. The third-order valence-electron chi connectivity index (χ3n) is 7.10. The van der Waals surface area contributed by atoms with E-state index in [4.69, 9.17) is 0 Å². The van der Waals surface area contributed by atoms with Crippen molar-refractivity contribution in [3.63, 3.8) is 0 Å². The van der Waals surface area contributed by atoms with Gasteiger partial charge in [-0.2, -0.15) is 4.57 Å². The summed E-state index contributed by atoms with van der Waals surface area (Å²) in [6.07, 6.45) is 11.1. The van der Waals surface area contributed by atoms with Crippen molar-refractivity contribution in [2.75, 3.05) is 23.7 Å². The maximum Gasteiger partial charge on any atom is 0.182 e. The van der Waals surface area contributed by atoms with Crippen LogP contribution in [0.2, 0.25) is 0 Å². The van der Waals surface area contributed by atoms with Gasteiger partial charge < -0.3 is 10.6 Å². The van der Waals surface area contributed by atoms with Gasteiger partial charge in [0.15, 0.2) is 18.6 Å². The van der Waals surface area contributed by atoms with Gasteiger partial charge in [-0.1, -0.05) is 93.4 Å². The topological polar surface area (TPSA) is 27.9 Å². The molecule has 0 spiro atoms. The first-order chi connectivity index (χ1) is 18.8. The molecule has 0 saturated carbocycles. The fourth-order valence-electron chi connectivity index (χ4n) is 5.16. The number of unbranched alkanes of at least 4 members (excludes halogenated alkanes) is 2. The number of nitrogens with one attached hydrogen (secondary N) is 2. The Kier molecular flexibility index (Phi) is 8.35. The minimum Gasteiger partial charge on any atom is -0.385 e. The zero-order chi connectivity index (χ0) is 26.2. The largest absolute Gasteiger partial charge is 0.385 e. The number of rotatable bonds is 11. The summed E-state index contributed by atoms with van der Waals surface area (Å²) in [7, 11) is 0. The highest BCUT2D eigenvalue weighted by atomic mass is 14.9. The van der Waals surface area contributed by atoms with Gasteiger partial charge in [-0.15, -0.1) is 0 Å². The van der Waals surface area contributed by atoms with Crippen molar-refractivity contribution in [2.45, 2.75) is 39.5 Å². The zero-order valence-electron chi connectivity index (χ0n) is 22.6. The fourth-order valence-corrected chi connectivity index (χ4v) is 5.16. The summed E-state index contributed by atoms with van der Waals surface area (Å²) >= 11 is 0. The highest BCUT2D eigenvalue weighted by Gasteiger charge is 2.18. The first-order valence-electron chi connectivity index (χ1n) is 14.0. The number of benzene rings is 4. The monoisotopic (exact) mass is 500 g/mol. The van der Waals surface area contributed by atoms with Crippen molar-refractivity contribution in [1.82, 2.24) is 0 Å². The summed E-state index contributed by atoms with van der Waals surface area (Å²) in [5.41, 5.74) is 6.05. The SMILES string of the molecule is CCCCNc1cccc2cccc(C(=C[n+]3ccccc3)c3cccc4cccc(NCCCC)c34)c12. The Morgan fingerprint density at radius 2 is 1.08 bits per heavy atom. The number of hydrogen-bond donors (Lipinski definition) is 2. The summed E-state index contributed by atoms with van der Waals surface area (Å²) < 4.78 is 2.16. The molecule has 0 fully saturated rings. The van der Waals surface area contributed by atoms with E-state index < -0.39 is 0 Å². The van der Waals surface area contributed by atoms with E-state index in [1.54, 1.807) is 0 Å². The van der Waals surface area contributed by atoms with E-state index in [9.17, 15) is 0 Å². The fraction of sp³-hybridized carbons (Fsp3) is 0.229. The molecule has 0 aliphatic carbocycles. The highest BCUT2D eigenvalue weighted by Crippen LogP contribution is 2.39. The molecule has 3 heteroatoms. The maximum atomic E-state index is 3.74. The molecule has 0 amide bonds. The Balaban J connectivity index is 1.77. The van der Waals surface area contributed by atoms with Gasteiger partial charge in [0.25, 0.3) is 0 Å². The smallest absolute Gasteiger partial charge is 0.182 e. The van der Waals surface area contributed by atoms with Crippen molar-refractivity contribution < 1.29 is 4.57 Å². The summed E-state index contributed by atoms with van der Waals surface area (Å²) in [5, 5.41) is 12.5. The molecule has 38 heavy (non-hydrogen) atoms. The molecule has 4 aromatic carbocycles. The summed E-state index contributed by atoms with van der Waals surface area (Å²) in [6, 6.07) is 32.8. The molecule has 5 aromatic rings. The van der Waals surface area contributed by atoms with Crippen LogP contribution in [0.4, 0.5) is 11.4 Å². The minimum absolute atomic E-state index is 0.968. The van der Waals surface area contributed by atoms with Crippen LogP contribution in [-0.2, 0) is 0 Å². The van der Waals surface area contributed by atoms with Gasteiger partial charge in [0, 0.05) is 47.4 Å². The van der Waals surface area contributed by atoms with Crippen LogP contribution in [0.3, 0.4) is 0 Å². The van der Waals surface area contributed by atoms with Gasteiger partial charge >= 0.3 is 0 Å². The second-order valence-corrected chi connectivity index (χ2v) is 9.84. The van der Waals surface area contributed by atoms with E-state index >= 15 is 0 Å². The lowest BCUT2D eigenvalue weighted by molar-refractivity contribution is -0.567. The van der Waals surface area contributed by atoms with Crippen LogP contribution in [0.15, 0.2) is 103 Å². The molecular weight excluding hydrogens is 462 g/mol. The number of pyridine rings is 1. The summed E-state index contributed by atoms with van der Waals surface area (Å²) in [4.78, 5) is 0. The van der Waals surface area contributed by atoms with E-state index in [0.717, 1.165) is 25.9 Å². The van der Waals surface area contributed by atoms with Crippen molar-refractivity contribution in [2.24, 2.45) is 0 Å². The van der Waals surface area contributed by atoms with E-state index in [-0.39, 0.29) is 0 Å². The number of anilines is 2. The van der Waals surface area contributed by atoms with E-state index in [1.807, 2.05) is 0 Å². The van der Waals surface area contributed by atoms with Crippen LogP contribution >= 0.6 is 0 Å². The van der Waals surface area contributed by atoms with Gasteiger partial charge in [-0.3, -0.25) is 0 Å². The Hall–Kier alpha value is -4.11. The second-order valence-electron chi connectivity index (χ2n) is 9.84. The molecule has 1 heterocycles. The molecule has 2 N–H and O–H groups in total. The van der Waals surface area contributed by atoms with Crippen LogP contribution in [-0.4, -0.2) is 13.1 Å². The Morgan fingerprint density at radius 3 is 1.55 bits per heavy atom. The van der Waals surface area contributed by atoms with Crippen LogP contribution in [0, 0.1) is 0 Å². The van der Waals surface area contributed by atoms with Crippen molar-refractivity contribution in [1.29, 1.82) is 0 Å². The first kappa shape index (κ1) is 25.5. The van der Waals surface area contributed by atoms with Gasteiger partial charge in [0.2, 0.25) is 0 Å². The van der Waals surface area contributed by atoms with Crippen molar-refractivity contribution in [3.05, 3.63) is 115 Å². The molecule has 3 nitrogen and oxygen atoms in total. The minimum atomic E-state index is 0.968. The average molecular weight is 501 g/mol. The number of hydrogen-bond acceptors (Lipinski definition) is 2. The van der Waals surface area contributed by atoms with Gasteiger partial charge in [0.05, 0.1) is 5.57 Å². The standard InChI is InChI=1S/C35H38N3/c1-3-5-22-36-32-20-12-16-27-14-10-18-29(34(27)32)31(26-38-24-8-7-9-25-38)30-19-11-15-28-17-13-21-33(35(28)30)37-23-6-4-2/h7-21,24-26,36-37H,3-6,22-23H2,1-2H3/q+1. The van der Waals surface area contributed by atoms with Crippen LogP contribution in [0.1, 0.15) is 50.7 Å². The van der Waals surface area contributed by atoms with Crippen molar-refractivity contribution >= 4 is 44.7 Å². The highest BCUT2D eigenvalue weighted by molar-refractivity contribution is 6.11. The molecule has 1 aromatic heterocycles. The first-order valence-corrected chi connectivity index (χ1v) is 14.0. The molecule has 0 aliphatic heterocycles. The second kappa shape index (κ2) is 12.4. The Morgan fingerprint density at radius 1 is 0.605 bits per heavy atom. The third kappa shape index (κ3) is 5.57. The number of aromatic nitrogens is 1. The van der Waals surface area contributed by atoms with Crippen LogP contribution < -0.4 is 15.2 Å². The van der Waals surface area contributed by atoms with Gasteiger partial charge in [-0.25, -0.2) is 0 Å². The summed E-state index contributed by atoms with van der Waals surface area (Å²) in [6.45, 7) is 6.41. The van der Waals surface area contributed by atoms with Gasteiger partial charge in [-0.05, 0) is 46.9 Å². The average Bonchev–Trinajstić information content (AvgIpc) is 2.96. The molecule has 5 rings (SSSR count). The molecule has 0 aliphatic rings. The molecule has 0 bridgehead atoms. The zero-order valence-corrected chi connectivity index (χ0v) is 22.6. The quantitative estimate of drug-likeness (QED) is 0.140. The summed E-state index contributed by atoms with van der Waals surface area (Å²) in [5.74, 6) is 0. The maximum absolute atomic E-state index is 3.74. The molecule has 0 unspecified atom stereocenters. The van der Waals surface area contributed by atoms with E-state index in [2.05, 4.69) is 139 Å². The predicted octanol–water partition coefficient (Wildman–Crippen LogP) is 8.75. The lowest BCUT2D eigenvalue weighted by atomic mass is 9.89. The predicted molar refractivity (Wildman–Crippen MR) is 165 cm³/mol. The normalized spacial score (nSPS) is 11.0. The van der Waals surface area contributed by atoms with E-state index in [0.29, 0.717) is 0 Å². The molecule has 0 radical (unpaired) electrons. The molecule has 0 atom stereocenters. The molecular formula is C35H38N3+. The number of fused-ring (bicyclic) bond motifs is 2. The van der Waals surface area contributed by atoms with Crippen LogP contribution in [0.25, 0.3) is 33.3 Å². The lowest BCUT2D eigenvalue weighted by Gasteiger charge is -2.18.